The Morgan fingerprint density at radius 3 is 2.71 bits per heavy atom. The fourth-order valence-electron chi connectivity index (χ4n) is 3.71. The quantitative estimate of drug-likeness (QED) is 0.921. The molecule has 0 radical (unpaired) electrons. The molecule has 2 aliphatic heterocycles. The van der Waals surface area contributed by atoms with Gasteiger partial charge in [0.2, 0.25) is 0 Å². The molecule has 1 unspecified atom stereocenters. The molecule has 0 saturated carbocycles. The first-order valence-corrected chi connectivity index (χ1v) is 8.37. The first kappa shape index (κ1) is 14.9. The van der Waals surface area contributed by atoms with E-state index >= 15 is 0 Å². The molecule has 3 heteroatoms. The van der Waals surface area contributed by atoms with Crippen molar-refractivity contribution in [1.82, 2.24) is 10.2 Å². The van der Waals surface area contributed by atoms with E-state index in [1.807, 2.05) is 0 Å². The summed E-state index contributed by atoms with van der Waals surface area (Å²) in [6, 6.07) is 7.45. The first-order chi connectivity index (χ1) is 10.1. The van der Waals surface area contributed by atoms with Gasteiger partial charge in [-0.25, -0.2) is 0 Å². The molecule has 0 spiro atoms. The second kappa shape index (κ2) is 6.37. The lowest BCUT2D eigenvalue weighted by molar-refractivity contribution is 0.326. The highest BCUT2D eigenvalue weighted by atomic mass is 15.1. The van der Waals surface area contributed by atoms with Gasteiger partial charge in [-0.1, -0.05) is 19.1 Å². The molecule has 0 aliphatic carbocycles. The molecule has 3 rings (SSSR count). The van der Waals surface area contributed by atoms with Crippen molar-refractivity contribution < 1.29 is 0 Å². The van der Waals surface area contributed by atoms with Crippen molar-refractivity contribution in [2.75, 3.05) is 38.6 Å². The zero-order chi connectivity index (χ0) is 14.8. The number of benzene rings is 1. The summed E-state index contributed by atoms with van der Waals surface area (Å²) < 4.78 is 0. The maximum Gasteiger partial charge on any atom is 0.0402 e. The minimum atomic E-state index is 0.581. The maximum absolute atomic E-state index is 3.68. The summed E-state index contributed by atoms with van der Waals surface area (Å²) in [6.45, 7) is 6.97. The van der Waals surface area contributed by atoms with Gasteiger partial charge in [0.1, 0.15) is 0 Å². The molecule has 1 fully saturated rings. The standard InChI is InChI=1S/C18H29N3/c1-14-7-9-21(10-8-14)18-6-4-5-15-12-19-16(11-17(15)18)13-20(2)3/h4-6,14,16,19H,7-13H2,1-3H3. The van der Waals surface area contributed by atoms with Crippen LogP contribution >= 0.6 is 0 Å². The Bertz CT molecular complexity index is 475. The van der Waals surface area contributed by atoms with Crippen molar-refractivity contribution in [1.29, 1.82) is 0 Å². The van der Waals surface area contributed by atoms with E-state index < -0.39 is 0 Å². The van der Waals surface area contributed by atoms with Crippen molar-refractivity contribution >= 4 is 5.69 Å². The van der Waals surface area contributed by atoms with E-state index in [2.05, 4.69) is 54.3 Å². The van der Waals surface area contributed by atoms with Crippen LogP contribution < -0.4 is 10.2 Å². The molecule has 0 amide bonds. The third-order valence-electron chi connectivity index (χ3n) is 4.99. The van der Waals surface area contributed by atoms with Crippen molar-refractivity contribution in [3.8, 4) is 0 Å². The number of fused-ring (bicyclic) bond motifs is 1. The van der Waals surface area contributed by atoms with Crippen LogP contribution in [0.5, 0.6) is 0 Å². The molecule has 2 aliphatic rings. The smallest absolute Gasteiger partial charge is 0.0402 e. The van der Waals surface area contributed by atoms with E-state index in [-0.39, 0.29) is 0 Å². The Balaban J connectivity index is 1.80. The van der Waals surface area contributed by atoms with Crippen LogP contribution in [0.25, 0.3) is 0 Å². The molecule has 1 aromatic rings. The predicted octanol–water partition coefficient (Wildman–Crippen LogP) is 2.50. The number of nitrogens with one attached hydrogen (secondary N) is 1. The predicted molar refractivity (Wildman–Crippen MR) is 89.9 cm³/mol. The summed E-state index contributed by atoms with van der Waals surface area (Å²) in [7, 11) is 4.32. The van der Waals surface area contributed by atoms with Gasteiger partial charge in [0.15, 0.2) is 0 Å². The van der Waals surface area contributed by atoms with E-state index in [1.54, 1.807) is 5.56 Å². The monoisotopic (exact) mass is 287 g/mol. The molecule has 1 N–H and O–H groups in total. The lowest BCUT2D eigenvalue weighted by Crippen LogP contribution is -2.43. The molecule has 0 bridgehead atoms. The highest BCUT2D eigenvalue weighted by Crippen LogP contribution is 2.31. The van der Waals surface area contributed by atoms with Crippen LogP contribution in [0.1, 0.15) is 30.9 Å². The van der Waals surface area contributed by atoms with Gasteiger partial charge in [-0.2, -0.15) is 0 Å². The van der Waals surface area contributed by atoms with Crippen molar-refractivity contribution in [3.63, 3.8) is 0 Å². The topological polar surface area (TPSA) is 18.5 Å². The van der Waals surface area contributed by atoms with E-state index in [0.717, 1.165) is 25.4 Å². The average molecular weight is 287 g/mol. The third kappa shape index (κ3) is 3.41. The number of likely N-dealkylation sites (N-methyl/N-ethyl adjacent to an activating group) is 1. The normalized spacial score (nSPS) is 23.4. The summed E-state index contributed by atoms with van der Waals surface area (Å²) >= 11 is 0. The Morgan fingerprint density at radius 2 is 2.00 bits per heavy atom. The van der Waals surface area contributed by atoms with E-state index in [0.29, 0.717) is 6.04 Å². The van der Waals surface area contributed by atoms with Gasteiger partial charge >= 0.3 is 0 Å². The minimum absolute atomic E-state index is 0.581. The van der Waals surface area contributed by atoms with Crippen molar-refractivity contribution in [2.24, 2.45) is 5.92 Å². The van der Waals surface area contributed by atoms with Gasteiger partial charge in [0.05, 0.1) is 0 Å². The number of rotatable bonds is 3. The third-order valence-corrected chi connectivity index (χ3v) is 4.99. The Labute approximate surface area is 129 Å². The first-order valence-electron chi connectivity index (χ1n) is 8.37. The van der Waals surface area contributed by atoms with Gasteiger partial charge < -0.3 is 15.1 Å². The highest BCUT2D eigenvalue weighted by Gasteiger charge is 2.24. The summed E-state index contributed by atoms with van der Waals surface area (Å²) in [4.78, 5) is 4.91. The van der Waals surface area contributed by atoms with Crippen LogP contribution in [0, 0.1) is 5.92 Å². The molecule has 116 valence electrons. The van der Waals surface area contributed by atoms with Crippen LogP contribution in [-0.2, 0) is 13.0 Å². The van der Waals surface area contributed by atoms with Crippen LogP contribution in [0.3, 0.4) is 0 Å². The Kier molecular flexibility index (Phi) is 4.51. The van der Waals surface area contributed by atoms with E-state index in [4.69, 9.17) is 0 Å². The van der Waals surface area contributed by atoms with Crippen molar-refractivity contribution in [2.45, 2.75) is 38.8 Å². The van der Waals surface area contributed by atoms with Gasteiger partial charge in [0.25, 0.3) is 0 Å². The van der Waals surface area contributed by atoms with E-state index in [9.17, 15) is 0 Å². The van der Waals surface area contributed by atoms with Crippen LogP contribution in [0.2, 0.25) is 0 Å². The summed E-state index contributed by atoms with van der Waals surface area (Å²) in [5, 5.41) is 3.68. The SMILES string of the molecule is CC1CCN(c2cccc3c2CC(CN(C)C)NC3)CC1. The molecule has 1 aromatic carbocycles. The summed E-state index contributed by atoms with van der Waals surface area (Å²) in [5.41, 5.74) is 4.60. The summed E-state index contributed by atoms with van der Waals surface area (Å²) in [5.74, 6) is 0.893. The molecule has 3 nitrogen and oxygen atoms in total. The van der Waals surface area contributed by atoms with Gasteiger partial charge in [-0.05, 0) is 56.5 Å². The fraction of sp³-hybridized carbons (Fsp3) is 0.667. The number of hydrogen-bond donors (Lipinski definition) is 1. The summed E-state index contributed by atoms with van der Waals surface area (Å²) in [6.07, 6.45) is 3.84. The fourth-order valence-corrected chi connectivity index (χ4v) is 3.71. The van der Waals surface area contributed by atoms with Gasteiger partial charge in [0, 0.05) is 37.9 Å². The number of piperidine rings is 1. The van der Waals surface area contributed by atoms with Gasteiger partial charge in [-0.15, -0.1) is 0 Å². The second-order valence-corrected chi connectivity index (χ2v) is 7.13. The lowest BCUT2D eigenvalue weighted by Gasteiger charge is -2.36. The molecule has 2 heterocycles. The Morgan fingerprint density at radius 1 is 1.24 bits per heavy atom. The molecular weight excluding hydrogens is 258 g/mol. The van der Waals surface area contributed by atoms with Crippen LogP contribution in [0.15, 0.2) is 18.2 Å². The highest BCUT2D eigenvalue weighted by molar-refractivity contribution is 5.58. The largest absolute Gasteiger partial charge is 0.371 e. The average Bonchev–Trinajstić information content (AvgIpc) is 2.47. The zero-order valence-corrected chi connectivity index (χ0v) is 13.7. The molecule has 0 aromatic heterocycles. The van der Waals surface area contributed by atoms with Crippen LogP contribution in [-0.4, -0.2) is 44.7 Å². The maximum atomic E-state index is 3.68. The van der Waals surface area contributed by atoms with E-state index in [1.165, 1.54) is 37.2 Å². The molecule has 21 heavy (non-hydrogen) atoms. The molecule has 1 saturated heterocycles. The molecule has 1 atom stereocenters. The lowest BCUT2D eigenvalue weighted by atomic mass is 9.91. The number of hydrogen-bond acceptors (Lipinski definition) is 3. The Hall–Kier alpha value is -1.06. The number of nitrogens with zero attached hydrogens (tertiary/aromatic N) is 2. The van der Waals surface area contributed by atoms with Crippen molar-refractivity contribution in [3.05, 3.63) is 29.3 Å². The van der Waals surface area contributed by atoms with Gasteiger partial charge in [-0.3, -0.25) is 0 Å². The molecular formula is C18H29N3. The zero-order valence-electron chi connectivity index (χ0n) is 13.7. The second-order valence-electron chi connectivity index (χ2n) is 7.13. The minimum Gasteiger partial charge on any atom is -0.371 e. The number of anilines is 1. The van der Waals surface area contributed by atoms with Crippen LogP contribution in [0.4, 0.5) is 5.69 Å².